The van der Waals surface area contributed by atoms with Crippen molar-refractivity contribution in [2.75, 3.05) is 49.1 Å². The molecule has 0 atom stereocenters. The van der Waals surface area contributed by atoms with Crippen LogP contribution in [-0.4, -0.2) is 55.1 Å². The third-order valence-electron chi connectivity index (χ3n) is 5.96. The molecule has 2 fully saturated rings. The van der Waals surface area contributed by atoms with E-state index in [1.807, 2.05) is 24.4 Å². The van der Waals surface area contributed by atoms with Crippen molar-refractivity contribution in [2.24, 2.45) is 10.7 Å². The number of likely N-dealkylation sites (tertiary alicyclic amines) is 1. The minimum absolute atomic E-state index is 0. The maximum absolute atomic E-state index is 13.2. The number of aromatic nitrogens is 1. The summed E-state index contributed by atoms with van der Waals surface area (Å²) in [4.78, 5) is 16.0. The average Bonchev–Trinajstić information content (AvgIpc) is 3.08. The lowest BCUT2D eigenvalue weighted by Crippen LogP contribution is -2.46. The number of piperazine rings is 1. The second-order valence-corrected chi connectivity index (χ2v) is 8.05. The van der Waals surface area contributed by atoms with Crippen LogP contribution in [0.5, 0.6) is 0 Å². The molecule has 2 aliphatic rings. The van der Waals surface area contributed by atoms with Gasteiger partial charge in [0.1, 0.15) is 11.6 Å². The fourth-order valence-electron chi connectivity index (χ4n) is 4.15. The monoisotopic (exact) mass is 538 g/mol. The molecule has 2 saturated heterocycles. The van der Waals surface area contributed by atoms with Crippen LogP contribution in [0.3, 0.4) is 0 Å². The average molecular weight is 538 g/mol. The van der Waals surface area contributed by atoms with Gasteiger partial charge in [0.2, 0.25) is 0 Å². The van der Waals surface area contributed by atoms with Crippen LogP contribution in [-0.2, 0) is 6.54 Å². The molecule has 0 bridgehead atoms. The van der Waals surface area contributed by atoms with E-state index in [4.69, 9.17) is 5.73 Å². The zero-order valence-electron chi connectivity index (χ0n) is 17.9. The highest BCUT2D eigenvalue weighted by molar-refractivity contribution is 14.0. The van der Waals surface area contributed by atoms with Crippen LogP contribution < -0.4 is 15.5 Å². The standard InChI is InChI=1S/C23H31FN6.HI/c24-20-5-7-21(8-6-20)28-13-15-29(16-14-28)22-17-19(9-10-26-22)18-27-23(25)30-11-3-1-2-4-12-30;/h5-10,17H,1-4,11-16,18H2,(H2,25,27);1H. The number of guanidine groups is 1. The quantitative estimate of drug-likeness (QED) is 0.364. The van der Waals surface area contributed by atoms with Gasteiger partial charge in [-0.25, -0.2) is 14.4 Å². The van der Waals surface area contributed by atoms with Gasteiger partial charge in [-0.3, -0.25) is 0 Å². The number of rotatable bonds is 4. The fourth-order valence-corrected chi connectivity index (χ4v) is 4.15. The largest absolute Gasteiger partial charge is 0.370 e. The third kappa shape index (κ3) is 6.44. The first kappa shape index (κ1) is 23.6. The lowest BCUT2D eigenvalue weighted by Gasteiger charge is -2.36. The smallest absolute Gasteiger partial charge is 0.191 e. The van der Waals surface area contributed by atoms with E-state index in [0.29, 0.717) is 12.5 Å². The molecule has 4 rings (SSSR count). The number of halogens is 2. The minimum atomic E-state index is -0.197. The predicted octanol–water partition coefficient (Wildman–Crippen LogP) is 3.86. The molecule has 0 radical (unpaired) electrons. The fraction of sp³-hybridized carbons (Fsp3) is 0.478. The summed E-state index contributed by atoms with van der Waals surface area (Å²) in [7, 11) is 0. The van der Waals surface area contributed by atoms with Crippen LogP contribution in [0.2, 0.25) is 0 Å². The number of pyridine rings is 1. The van der Waals surface area contributed by atoms with Gasteiger partial charge in [0.25, 0.3) is 0 Å². The van der Waals surface area contributed by atoms with Crippen molar-refractivity contribution in [2.45, 2.75) is 32.2 Å². The Bertz CT molecular complexity index is 843. The SMILES string of the molecule is I.NC(=NCc1ccnc(N2CCN(c3ccc(F)cc3)CC2)c1)N1CCCCCC1. The van der Waals surface area contributed by atoms with E-state index in [1.165, 1.54) is 37.8 Å². The van der Waals surface area contributed by atoms with Crippen LogP contribution in [0.1, 0.15) is 31.2 Å². The molecule has 2 aliphatic heterocycles. The van der Waals surface area contributed by atoms with E-state index >= 15 is 0 Å². The molecule has 168 valence electrons. The van der Waals surface area contributed by atoms with Crippen LogP contribution in [0.4, 0.5) is 15.9 Å². The van der Waals surface area contributed by atoms with Gasteiger partial charge in [0.05, 0.1) is 6.54 Å². The second-order valence-electron chi connectivity index (χ2n) is 8.05. The summed E-state index contributed by atoms with van der Waals surface area (Å²) < 4.78 is 13.2. The Morgan fingerprint density at radius 2 is 1.55 bits per heavy atom. The Labute approximate surface area is 201 Å². The van der Waals surface area contributed by atoms with Crippen LogP contribution in [0.25, 0.3) is 0 Å². The molecule has 2 N–H and O–H groups in total. The van der Waals surface area contributed by atoms with Crippen LogP contribution in [0, 0.1) is 5.82 Å². The molecule has 3 heterocycles. The van der Waals surface area contributed by atoms with Crippen molar-refractivity contribution < 1.29 is 4.39 Å². The Hall–Kier alpha value is -2.10. The normalized spacial score (nSPS) is 17.8. The Morgan fingerprint density at radius 1 is 0.903 bits per heavy atom. The summed E-state index contributed by atoms with van der Waals surface area (Å²) in [6.45, 7) is 6.13. The molecule has 8 heteroatoms. The zero-order valence-corrected chi connectivity index (χ0v) is 20.2. The first-order valence-corrected chi connectivity index (χ1v) is 10.9. The molecule has 6 nitrogen and oxygen atoms in total. The minimum Gasteiger partial charge on any atom is -0.370 e. The highest BCUT2D eigenvalue weighted by Crippen LogP contribution is 2.20. The second kappa shape index (κ2) is 11.5. The van der Waals surface area contributed by atoms with E-state index < -0.39 is 0 Å². The van der Waals surface area contributed by atoms with Crippen molar-refractivity contribution in [3.8, 4) is 0 Å². The topological polar surface area (TPSA) is 61.0 Å². The summed E-state index contributed by atoms with van der Waals surface area (Å²) in [6, 6.07) is 10.9. The number of nitrogens with two attached hydrogens (primary N) is 1. The summed E-state index contributed by atoms with van der Waals surface area (Å²) in [5.41, 5.74) is 8.44. The van der Waals surface area contributed by atoms with Crippen LogP contribution in [0.15, 0.2) is 47.6 Å². The van der Waals surface area contributed by atoms with E-state index in [0.717, 1.165) is 56.3 Å². The predicted molar refractivity (Wildman–Crippen MR) is 136 cm³/mol. The van der Waals surface area contributed by atoms with Gasteiger partial charge in [0.15, 0.2) is 5.96 Å². The number of anilines is 2. The molecule has 0 spiro atoms. The maximum atomic E-state index is 13.2. The zero-order chi connectivity index (χ0) is 20.8. The molecule has 31 heavy (non-hydrogen) atoms. The van der Waals surface area contributed by atoms with Crippen molar-refractivity contribution in [3.63, 3.8) is 0 Å². The molecule has 0 amide bonds. The van der Waals surface area contributed by atoms with Crippen molar-refractivity contribution in [3.05, 3.63) is 54.0 Å². The number of hydrogen-bond donors (Lipinski definition) is 1. The molecule has 0 aliphatic carbocycles. The number of benzene rings is 1. The first-order chi connectivity index (χ1) is 14.7. The molecule has 0 unspecified atom stereocenters. The van der Waals surface area contributed by atoms with E-state index in [1.54, 1.807) is 0 Å². The molecule has 0 saturated carbocycles. The summed E-state index contributed by atoms with van der Waals surface area (Å²) in [5, 5.41) is 0. The van der Waals surface area contributed by atoms with Gasteiger partial charge < -0.3 is 20.4 Å². The molecular weight excluding hydrogens is 506 g/mol. The van der Waals surface area contributed by atoms with Gasteiger partial charge in [0, 0.05) is 51.2 Å². The number of aliphatic imine (C=N–C) groups is 1. The van der Waals surface area contributed by atoms with Gasteiger partial charge in [-0.2, -0.15) is 0 Å². The van der Waals surface area contributed by atoms with Crippen molar-refractivity contribution >= 4 is 41.4 Å². The lowest BCUT2D eigenvalue weighted by molar-refractivity contribution is 0.428. The summed E-state index contributed by atoms with van der Waals surface area (Å²) >= 11 is 0. The van der Waals surface area contributed by atoms with Crippen molar-refractivity contribution in [1.82, 2.24) is 9.88 Å². The molecular formula is C23H32FIN6. The van der Waals surface area contributed by atoms with E-state index in [-0.39, 0.29) is 29.8 Å². The molecule has 1 aromatic heterocycles. The highest BCUT2D eigenvalue weighted by atomic mass is 127. The Balaban J connectivity index is 0.00000272. The summed E-state index contributed by atoms with van der Waals surface area (Å²) in [6.07, 6.45) is 6.81. The lowest BCUT2D eigenvalue weighted by atomic mass is 10.2. The summed E-state index contributed by atoms with van der Waals surface area (Å²) in [5.74, 6) is 1.44. The van der Waals surface area contributed by atoms with Gasteiger partial charge in [-0.05, 0) is 54.8 Å². The van der Waals surface area contributed by atoms with Gasteiger partial charge in [-0.1, -0.05) is 12.8 Å². The van der Waals surface area contributed by atoms with Gasteiger partial charge in [-0.15, -0.1) is 24.0 Å². The number of nitrogens with zero attached hydrogens (tertiary/aromatic N) is 5. The van der Waals surface area contributed by atoms with Gasteiger partial charge >= 0.3 is 0 Å². The van der Waals surface area contributed by atoms with Crippen molar-refractivity contribution in [1.29, 1.82) is 0 Å². The van der Waals surface area contributed by atoms with E-state index in [2.05, 4.69) is 30.7 Å². The van der Waals surface area contributed by atoms with Crippen LogP contribution >= 0.6 is 24.0 Å². The van der Waals surface area contributed by atoms with E-state index in [9.17, 15) is 4.39 Å². The first-order valence-electron chi connectivity index (χ1n) is 10.9. The Morgan fingerprint density at radius 3 is 2.23 bits per heavy atom. The maximum Gasteiger partial charge on any atom is 0.191 e. The third-order valence-corrected chi connectivity index (χ3v) is 5.96. The number of hydrogen-bond acceptors (Lipinski definition) is 4. The Kier molecular flexibility index (Phi) is 8.74. The molecule has 1 aromatic carbocycles. The molecule has 2 aromatic rings. The highest BCUT2D eigenvalue weighted by Gasteiger charge is 2.18.